The highest BCUT2D eigenvalue weighted by molar-refractivity contribution is 7.26. The fraction of sp³-hybridized carbons (Fsp3) is 0. The van der Waals surface area contributed by atoms with E-state index in [4.69, 9.17) is 0 Å². The summed E-state index contributed by atoms with van der Waals surface area (Å²) >= 11 is 1.86. The molecule has 11 aromatic rings. The second-order valence-corrected chi connectivity index (χ2v) is 16.6. The molecule has 10 aromatic carbocycles. The van der Waals surface area contributed by atoms with E-state index in [9.17, 15) is 0 Å². The Labute approximate surface area is 367 Å². The minimum atomic E-state index is 1.10. The highest BCUT2D eigenvalue weighted by atomic mass is 32.1. The Morgan fingerprint density at radius 3 is 1.02 bits per heavy atom. The van der Waals surface area contributed by atoms with E-state index < -0.39 is 0 Å². The Kier molecular flexibility index (Phi) is 9.82. The molecule has 0 saturated carbocycles. The van der Waals surface area contributed by atoms with Gasteiger partial charge in [-0.1, -0.05) is 212 Å². The average Bonchev–Trinajstić information content (AvgIpc) is 3.75. The maximum absolute atomic E-state index is 2.43. The Morgan fingerprint density at radius 2 is 0.581 bits per heavy atom. The van der Waals surface area contributed by atoms with Crippen LogP contribution in [0.25, 0.3) is 86.9 Å². The van der Waals surface area contributed by atoms with Crippen LogP contribution in [0, 0.1) is 0 Å². The number of benzene rings is 10. The third-order valence-electron chi connectivity index (χ3n) is 12.0. The maximum atomic E-state index is 2.43. The van der Waals surface area contributed by atoms with Crippen LogP contribution >= 0.6 is 11.3 Å². The number of hydrogen-bond donors (Lipinski definition) is 0. The standard InChI is InChI=1S/C60H41NS/c1-3-18-42(19-4-1)48-22-7-11-26-52(48)54-28-13-9-24-50(54)44-34-38-46(39-35-44)61(58-32-17-31-57-56-30-15-16-33-59(56)62-60(57)58)47-40-36-45(37-41-47)51-25-10-14-29-55(51)53-27-12-8-23-49(53)43-20-5-2-6-21-43/h1-41H. The van der Waals surface area contributed by atoms with Crippen molar-refractivity contribution < 1.29 is 0 Å². The minimum absolute atomic E-state index is 1.10. The lowest BCUT2D eigenvalue weighted by Gasteiger charge is -2.27. The number of anilines is 3. The molecule has 0 bridgehead atoms. The molecule has 1 aromatic heterocycles. The van der Waals surface area contributed by atoms with Crippen molar-refractivity contribution in [3.8, 4) is 66.8 Å². The van der Waals surface area contributed by atoms with Gasteiger partial charge in [0.1, 0.15) is 0 Å². The molecule has 2 heteroatoms. The predicted molar refractivity (Wildman–Crippen MR) is 267 cm³/mol. The fourth-order valence-corrected chi connectivity index (χ4v) is 10.2. The van der Waals surface area contributed by atoms with E-state index in [2.05, 4.69) is 254 Å². The first-order valence-corrected chi connectivity index (χ1v) is 22.0. The predicted octanol–water partition coefficient (Wildman–Crippen LogP) is 17.5. The monoisotopic (exact) mass is 807 g/mol. The van der Waals surface area contributed by atoms with Gasteiger partial charge < -0.3 is 4.90 Å². The van der Waals surface area contributed by atoms with Gasteiger partial charge in [-0.3, -0.25) is 0 Å². The van der Waals surface area contributed by atoms with Gasteiger partial charge in [-0.05, 0) is 103 Å². The summed E-state index contributed by atoms with van der Waals surface area (Å²) in [5.41, 5.74) is 17.9. The van der Waals surface area contributed by atoms with E-state index in [0.717, 1.165) is 11.4 Å². The lowest BCUT2D eigenvalue weighted by atomic mass is 9.89. The quantitative estimate of drug-likeness (QED) is 0.140. The summed E-state index contributed by atoms with van der Waals surface area (Å²) in [5.74, 6) is 0. The zero-order valence-corrected chi connectivity index (χ0v) is 34.8. The van der Waals surface area contributed by atoms with E-state index >= 15 is 0 Å². The molecule has 0 N–H and O–H groups in total. The Morgan fingerprint density at radius 1 is 0.242 bits per heavy atom. The molecule has 1 nitrogen and oxygen atoms in total. The Bertz CT molecular complexity index is 3160. The van der Waals surface area contributed by atoms with Crippen molar-refractivity contribution in [2.75, 3.05) is 4.90 Å². The molecular formula is C60H41NS. The molecule has 292 valence electrons. The highest BCUT2D eigenvalue weighted by Gasteiger charge is 2.20. The SMILES string of the molecule is c1ccc(-c2ccccc2-c2ccccc2-c2ccc(N(c3ccc(-c4ccccc4-c4ccccc4-c4ccccc4)cc3)c3cccc4c3sc3ccccc34)cc2)cc1. The zero-order valence-electron chi connectivity index (χ0n) is 34.0. The van der Waals surface area contributed by atoms with Crippen LogP contribution in [-0.4, -0.2) is 0 Å². The largest absolute Gasteiger partial charge is 0.309 e. The number of thiophene rings is 1. The van der Waals surface area contributed by atoms with Crippen LogP contribution in [0.2, 0.25) is 0 Å². The lowest BCUT2D eigenvalue weighted by molar-refractivity contribution is 1.30. The van der Waals surface area contributed by atoms with Crippen molar-refractivity contribution in [2.45, 2.75) is 0 Å². The van der Waals surface area contributed by atoms with Crippen LogP contribution in [0.3, 0.4) is 0 Å². The molecule has 0 spiro atoms. The van der Waals surface area contributed by atoms with E-state index in [1.54, 1.807) is 0 Å². The number of nitrogens with zero attached hydrogens (tertiary/aromatic N) is 1. The first-order valence-electron chi connectivity index (χ1n) is 21.2. The molecule has 1 heterocycles. The van der Waals surface area contributed by atoms with E-state index in [-0.39, 0.29) is 0 Å². The Hall–Kier alpha value is -7.78. The molecule has 0 fully saturated rings. The first-order chi connectivity index (χ1) is 30.8. The second kappa shape index (κ2) is 16.3. The lowest BCUT2D eigenvalue weighted by Crippen LogP contribution is -2.10. The molecule has 0 aliphatic rings. The van der Waals surface area contributed by atoms with Crippen LogP contribution in [0.15, 0.2) is 249 Å². The summed E-state index contributed by atoms with van der Waals surface area (Å²) in [7, 11) is 0. The van der Waals surface area contributed by atoms with Gasteiger partial charge >= 0.3 is 0 Å². The summed E-state index contributed by atoms with van der Waals surface area (Å²) in [6.07, 6.45) is 0. The number of fused-ring (bicyclic) bond motifs is 3. The third kappa shape index (κ3) is 6.87. The summed E-state index contributed by atoms with van der Waals surface area (Å²) in [6, 6.07) is 90.2. The molecule has 0 aliphatic heterocycles. The second-order valence-electron chi connectivity index (χ2n) is 15.6. The number of rotatable bonds is 9. The molecule has 0 atom stereocenters. The first kappa shape index (κ1) is 37.2. The average molecular weight is 808 g/mol. The summed E-state index contributed by atoms with van der Waals surface area (Å²) < 4.78 is 2.56. The molecule has 62 heavy (non-hydrogen) atoms. The molecule has 0 radical (unpaired) electrons. The van der Waals surface area contributed by atoms with Crippen LogP contribution in [0.1, 0.15) is 0 Å². The maximum Gasteiger partial charge on any atom is 0.0640 e. The van der Waals surface area contributed by atoms with Crippen molar-refractivity contribution in [3.05, 3.63) is 249 Å². The van der Waals surface area contributed by atoms with Gasteiger partial charge in [0.2, 0.25) is 0 Å². The van der Waals surface area contributed by atoms with Gasteiger partial charge in [-0.25, -0.2) is 0 Å². The van der Waals surface area contributed by atoms with Gasteiger partial charge in [-0.2, -0.15) is 0 Å². The van der Waals surface area contributed by atoms with Gasteiger partial charge in [0, 0.05) is 26.8 Å². The third-order valence-corrected chi connectivity index (χ3v) is 13.2. The van der Waals surface area contributed by atoms with Gasteiger partial charge in [0.25, 0.3) is 0 Å². The normalized spacial score (nSPS) is 11.2. The van der Waals surface area contributed by atoms with Gasteiger partial charge in [0.05, 0.1) is 10.4 Å². The topological polar surface area (TPSA) is 3.24 Å². The molecule has 0 unspecified atom stereocenters. The Balaban J connectivity index is 1.02. The van der Waals surface area contributed by atoms with Crippen LogP contribution < -0.4 is 4.90 Å². The van der Waals surface area contributed by atoms with Gasteiger partial charge in [-0.15, -0.1) is 11.3 Å². The molecular weight excluding hydrogens is 767 g/mol. The van der Waals surface area contributed by atoms with Crippen LogP contribution in [0.4, 0.5) is 17.1 Å². The van der Waals surface area contributed by atoms with E-state index in [1.165, 1.54) is 92.6 Å². The van der Waals surface area contributed by atoms with E-state index in [0.29, 0.717) is 0 Å². The minimum Gasteiger partial charge on any atom is -0.309 e. The summed E-state index contributed by atoms with van der Waals surface area (Å²) in [4.78, 5) is 2.43. The van der Waals surface area contributed by atoms with Crippen LogP contribution in [-0.2, 0) is 0 Å². The highest BCUT2D eigenvalue weighted by Crippen LogP contribution is 2.46. The fourth-order valence-electron chi connectivity index (χ4n) is 9.03. The molecule has 0 amide bonds. The van der Waals surface area contributed by atoms with E-state index in [1.807, 2.05) is 11.3 Å². The molecule has 11 rings (SSSR count). The van der Waals surface area contributed by atoms with Gasteiger partial charge in [0.15, 0.2) is 0 Å². The summed E-state index contributed by atoms with van der Waals surface area (Å²) in [5, 5.41) is 2.57. The smallest absolute Gasteiger partial charge is 0.0640 e. The van der Waals surface area contributed by atoms with Crippen LogP contribution in [0.5, 0.6) is 0 Å². The van der Waals surface area contributed by atoms with Crippen molar-refractivity contribution in [3.63, 3.8) is 0 Å². The van der Waals surface area contributed by atoms with Crippen molar-refractivity contribution in [1.29, 1.82) is 0 Å². The zero-order chi connectivity index (χ0) is 41.2. The molecule has 0 aliphatic carbocycles. The molecule has 0 saturated heterocycles. The van der Waals surface area contributed by atoms with Crippen molar-refractivity contribution >= 4 is 48.6 Å². The number of hydrogen-bond acceptors (Lipinski definition) is 2. The van der Waals surface area contributed by atoms with Crippen molar-refractivity contribution in [2.24, 2.45) is 0 Å². The van der Waals surface area contributed by atoms with Crippen molar-refractivity contribution in [1.82, 2.24) is 0 Å². The summed E-state index contributed by atoms with van der Waals surface area (Å²) in [6.45, 7) is 0.